The molecule has 1 aliphatic heterocycles. The van der Waals surface area contributed by atoms with Crippen molar-refractivity contribution in [1.82, 2.24) is 0 Å². The Morgan fingerprint density at radius 2 is 1.86 bits per heavy atom. The Kier molecular flexibility index (Phi) is 9.05. The van der Waals surface area contributed by atoms with Crippen LogP contribution in [0.4, 0.5) is 0 Å². The van der Waals surface area contributed by atoms with E-state index in [1.54, 1.807) is 38.1 Å². The van der Waals surface area contributed by atoms with Crippen LogP contribution >= 0.6 is 0 Å². The molecule has 0 amide bonds. The quantitative estimate of drug-likeness (QED) is 0.237. The number of aliphatic hydroxyl groups is 5. The molecule has 1 saturated heterocycles. The summed E-state index contributed by atoms with van der Waals surface area (Å²) in [4.78, 5) is 11.4. The summed E-state index contributed by atoms with van der Waals surface area (Å²) in [5, 5.41) is 50.9. The van der Waals surface area contributed by atoms with E-state index in [2.05, 4.69) is 0 Å². The Labute approximate surface area is 203 Å². The molecule has 1 unspecified atom stereocenters. The van der Waals surface area contributed by atoms with Gasteiger partial charge in [0.05, 0.1) is 18.3 Å². The van der Waals surface area contributed by atoms with Crippen LogP contribution in [0.2, 0.25) is 0 Å². The molecule has 35 heavy (non-hydrogen) atoms. The molecule has 0 radical (unpaired) electrons. The fourth-order valence-corrected chi connectivity index (χ4v) is 3.80. The van der Waals surface area contributed by atoms with Gasteiger partial charge in [-0.25, -0.2) is 4.79 Å². The maximum atomic E-state index is 11.4. The summed E-state index contributed by atoms with van der Waals surface area (Å²) >= 11 is 0. The van der Waals surface area contributed by atoms with Gasteiger partial charge in [-0.05, 0) is 57.9 Å². The van der Waals surface area contributed by atoms with E-state index in [1.165, 1.54) is 6.07 Å². The van der Waals surface area contributed by atoms with E-state index in [1.807, 2.05) is 13.0 Å². The number of hydrogen-bond acceptors (Lipinski definition) is 10. The zero-order valence-electron chi connectivity index (χ0n) is 20.0. The summed E-state index contributed by atoms with van der Waals surface area (Å²) in [7, 11) is 0. The summed E-state index contributed by atoms with van der Waals surface area (Å²) in [6, 6.07) is 8.27. The Morgan fingerprint density at radius 1 is 1.14 bits per heavy atom. The van der Waals surface area contributed by atoms with Crippen LogP contribution in [0.5, 0.6) is 5.75 Å². The Bertz CT molecular complexity index is 1050. The Hall–Kier alpha value is -2.31. The molecule has 1 aromatic heterocycles. The van der Waals surface area contributed by atoms with Gasteiger partial charge in [0.25, 0.3) is 0 Å². The van der Waals surface area contributed by atoms with Crippen LogP contribution < -0.4 is 10.4 Å². The third-order valence-electron chi connectivity index (χ3n) is 6.01. The van der Waals surface area contributed by atoms with Crippen molar-refractivity contribution < 1.29 is 44.2 Å². The molecule has 0 saturated carbocycles. The first-order valence-corrected chi connectivity index (χ1v) is 11.5. The van der Waals surface area contributed by atoms with Crippen LogP contribution in [0, 0.1) is 0 Å². The highest BCUT2D eigenvalue weighted by atomic mass is 16.7. The third kappa shape index (κ3) is 7.11. The normalized spacial score (nSPS) is 26.6. The fraction of sp³-hybridized carbons (Fsp3) is 0.560. The van der Waals surface area contributed by atoms with Gasteiger partial charge in [-0.3, -0.25) is 0 Å². The van der Waals surface area contributed by atoms with E-state index < -0.39 is 54.6 Å². The largest absolute Gasteiger partial charge is 0.489 e. The number of rotatable bonds is 10. The molecule has 1 aliphatic rings. The van der Waals surface area contributed by atoms with Gasteiger partial charge in [-0.1, -0.05) is 5.57 Å². The number of fused-ring (bicyclic) bond motifs is 1. The standard InChI is InChI=1S/C25H34O10/c1-14(10-11-32-16-7-5-15-6-9-20(27)33-17(15)12-16)4-8-19(25(2,3)31)35-24-23(30)22(29)21(28)18(13-26)34-24/h5-7,9-10,12,18-19,21-24,26,28-31H,4,8,11,13H2,1-3H3/b14-10+/t18-,19?,21-,22+,23-,24+/m1/s1. The van der Waals surface area contributed by atoms with Gasteiger partial charge in [-0.15, -0.1) is 0 Å². The SMILES string of the molecule is C/C(=C\COc1ccc2ccc(=O)oc2c1)CCC(O[C@@H]1O[C@H](CO)[C@@H](O)[C@H](O)[C@H]1O)C(C)(C)O. The molecule has 10 nitrogen and oxygen atoms in total. The molecular weight excluding hydrogens is 460 g/mol. The van der Waals surface area contributed by atoms with Crippen molar-refractivity contribution in [3.63, 3.8) is 0 Å². The molecule has 5 N–H and O–H groups in total. The number of hydrogen-bond donors (Lipinski definition) is 5. The second-order valence-corrected chi connectivity index (χ2v) is 9.33. The summed E-state index contributed by atoms with van der Waals surface area (Å²) in [5.41, 5.74) is -0.333. The number of benzene rings is 1. The van der Waals surface area contributed by atoms with Gasteiger partial charge in [0.15, 0.2) is 6.29 Å². The van der Waals surface area contributed by atoms with Crippen molar-refractivity contribution in [3.05, 3.63) is 52.4 Å². The minimum absolute atomic E-state index is 0.273. The van der Waals surface area contributed by atoms with Crippen LogP contribution in [-0.4, -0.2) is 81.2 Å². The molecule has 194 valence electrons. The van der Waals surface area contributed by atoms with E-state index in [9.17, 15) is 30.3 Å². The molecule has 1 aromatic carbocycles. The molecule has 2 aromatic rings. The number of aliphatic hydroxyl groups excluding tert-OH is 4. The second kappa shape index (κ2) is 11.6. The average molecular weight is 495 g/mol. The van der Waals surface area contributed by atoms with Crippen LogP contribution in [-0.2, 0) is 9.47 Å². The maximum absolute atomic E-state index is 11.4. The molecule has 1 fully saturated rings. The van der Waals surface area contributed by atoms with Gasteiger partial charge in [0.2, 0.25) is 0 Å². The van der Waals surface area contributed by atoms with Crippen molar-refractivity contribution in [2.75, 3.05) is 13.2 Å². The Morgan fingerprint density at radius 3 is 2.54 bits per heavy atom. The summed E-state index contributed by atoms with van der Waals surface area (Å²) in [6.07, 6.45) is -5.03. The zero-order chi connectivity index (χ0) is 25.8. The minimum Gasteiger partial charge on any atom is -0.489 e. The topological polar surface area (TPSA) is 159 Å². The van der Waals surface area contributed by atoms with E-state index in [0.717, 1.165) is 11.0 Å². The molecular formula is C25H34O10. The highest BCUT2D eigenvalue weighted by Crippen LogP contribution is 2.28. The highest BCUT2D eigenvalue weighted by molar-refractivity contribution is 5.77. The lowest BCUT2D eigenvalue weighted by molar-refractivity contribution is -0.322. The van der Waals surface area contributed by atoms with Crippen molar-refractivity contribution in [1.29, 1.82) is 0 Å². The molecule has 2 heterocycles. The molecule has 0 spiro atoms. The van der Waals surface area contributed by atoms with Crippen LogP contribution in [0.15, 0.2) is 51.2 Å². The van der Waals surface area contributed by atoms with E-state index >= 15 is 0 Å². The maximum Gasteiger partial charge on any atom is 0.336 e. The summed E-state index contributed by atoms with van der Waals surface area (Å²) < 4.78 is 22.1. The molecule has 0 aliphatic carbocycles. The first-order valence-electron chi connectivity index (χ1n) is 11.5. The molecule has 6 atom stereocenters. The molecule has 3 rings (SSSR count). The van der Waals surface area contributed by atoms with Gasteiger partial charge in [-0.2, -0.15) is 0 Å². The smallest absolute Gasteiger partial charge is 0.336 e. The van der Waals surface area contributed by atoms with Crippen molar-refractivity contribution in [2.45, 2.75) is 76.0 Å². The Balaban J connectivity index is 1.57. The van der Waals surface area contributed by atoms with Gasteiger partial charge >= 0.3 is 5.63 Å². The van der Waals surface area contributed by atoms with E-state index in [-0.39, 0.29) is 6.61 Å². The van der Waals surface area contributed by atoms with Crippen molar-refractivity contribution >= 4 is 11.0 Å². The van der Waals surface area contributed by atoms with Crippen molar-refractivity contribution in [2.24, 2.45) is 0 Å². The molecule has 0 bridgehead atoms. The number of ether oxygens (including phenoxy) is 3. The summed E-state index contributed by atoms with van der Waals surface area (Å²) in [6.45, 7) is 4.72. The third-order valence-corrected chi connectivity index (χ3v) is 6.01. The van der Waals surface area contributed by atoms with Crippen LogP contribution in [0.3, 0.4) is 0 Å². The van der Waals surface area contributed by atoms with E-state index in [4.69, 9.17) is 18.6 Å². The lowest BCUT2D eigenvalue weighted by Crippen LogP contribution is -2.60. The lowest BCUT2D eigenvalue weighted by Gasteiger charge is -2.42. The second-order valence-electron chi connectivity index (χ2n) is 9.33. The first kappa shape index (κ1) is 27.3. The minimum atomic E-state index is -1.56. The van der Waals surface area contributed by atoms with Crippen molar-refractivity contribution in [3.8, 4) is 5.75 Å². The fourth-order valence-electron chi connectivity index (χ4n) is 3.80. The van der Waals surface area contributed by atoms with E-state index in [0.29, 0.717) is 24.2 Å². The first-order chi connectivity index (χ1) is 16.5. The van der Waals surface area contributed by atoms with Crippen LogP contribution in [0.25, 0.3) is 11.0 Å². The average Bonchev–Trinajstić information content (AvgIpc) is 2.80. The van der Waals surface area contributed by atoms with Gasteiger partial charge < -0.3 is 44.2 Å². The van der Waals surface area contributed by atoms with Gasteiger partial charge in [0.1, 0.15) is 42.4 Å². The summed E-state index contributed by atoms with van der Waals surface area (Å²) in [5.74, 6) is 0.552. The number of allylic oxidation sites excluding steroid dienone is 1. The monoisotopic (exact) mass is 494 g/mol. The predicted octanol–water partition coefficient (Wildman–Crippen LogP) is 0.854. The highest BCUT2D eigenvalue weighted by Gasteiger charge is 2.46. The lowest BCUT2D eigenvalue weighted by atomic mass is 9.94. The molecule has 10 heteroatoms. The predicted molar refractivity (Wildman–Crippen MR) is 126 cm³/mol. The van der Waals surface area contributed by atoms with Gasteiger partial charge in [0, 0.05) is 17.5 Å². The van der Waals surface area contributed by atoms with Crippen LogP contribution in [0.1, 0.15) is 33.6 Å². The zero-order valence-corrected chi connectivity index (χ0v) is 20.0.